The van der Waals surface area contributed by atoms with Crippen molar-refractivity contribution < 1.29 is 9.53 Å². The van der Waals surface area contributed by atoms with Crippen molar-refractivity contribution in [3.63, 3.8) is 0 Å². The first kappa shape index (κ1) is 21.9. The summed E-state index contributed by atoms with van der Waals surface area (Å²) in [6, 6.07) is 0. The average Bonchev–Trinajstić information content (AvgIpc) is 2.29. The molecule has 3 heteroatoms. The predicted molar refractivity (Wildman–Crippen MR) is 88.1 cm³/mol. The lowest BCUT2D eigenvalue weighted by Gasteiger charge is -2.29. The van der Waals surface area contributed by atoms with Crippen molar-refractivity contribution in [1.29, 1.82) is 0 Å². The van der Waals surface area contributed by atoms with Gasteiger partial charge in [-0.1, -0.05) is 55.4 Å². The molecule has 0 aromatic carbocycles. The highest BCUT2D eigenvalue weighted by Crippen LogP contribution is 2.24. The summed E-state index contributed by atoms with van der Waals surface area (Å²) in [5.41, 5.74) is 0.0595. The summed E-state index contributed by atoms with van der Waals surface area (Å²) in [5.74, 6) is 0.433. The molecule has 0 heterocycles. The van der Waals surface area contributed by atoms with E-state index in [1.165, 1.54) is 0 Å². The van der Waals surface area contributed by atoms with Gasteiger partial charge in [-0.15, -0.1) is 0 Å². The Balaban J connectivity index is 0. The van der Waals surface area contributed by atoms with Crippen molar-refractivity contribution in [2.75, 3.05) is 26.8 Å². The van der Waals surface area contributed by atoms with Gasteiger partial charge in [-0.05, 0) is 12.5 Å². The van der Waals surface area contributed by atoms with Crippen molar-refractivity contribution in [2.45, 2.75) is 61.8 Å². The predicted octanol–water partition coefficient (Wildman–Crippen LogP) is 3.92. The lowest BCUT2D eigenvalue weighted by molar-refractivity contribution is -0.125. The van der Waals surface area contributed by atoms with Gasteiger partial charge < -0.3 is 10.1 Å². The normalized spacial score (nSPS) is 12.1. The van der Waals surface area contributed by atoms with E-state index in [1.807, 2.05) is 34.7 Å². The molecular formula is C17H37NO2. The molecule has 0 aliphatic heterocycles. The molecule has 0 radical (unpaired) electrons. The van der Waals surface area contributed by atoms with Crippen LogP contribution in [0.25, 0.3) is 0 Å². The van der Waals surface area contributed by atoms with E-state index < -0.39 is 0 Å². The number of rotatable bonds is 9. The molecule has 122 valence electrons. The summed E-state index contributed by atoms with van der Waals surface area (Å²) in [6.45, 7) is 18.7. The van der Waals surface area contributed by atoms with Crippen molar-refractivity contribution >= 4 is 5.78 Å². The Morgan fingerprint density at radius 2 is 1.50 bits per heavy atom. The van der Waals surface area contributed by atoms with E-state index in [2.05, 4.69) is 33.0 Å². The number of carbonyl (C=O) groups is 1. The minimum absolute atomic E-state index is 0.0723. The maximum atomic E-state index is 11.8. The fraction of sp³-hybridized carbons (Fsp3) is 0.941. The van der Waals surface area contributed by atoms with Crippen LogP contribution in [0.15, 0.2) is 0 Å². The van der Waals surface area contributed by atoms with E-state index in [-0.39, 0.29) is 16.7 Å². The van der Waals surface area contributed by atoms with Gasteiger partial charge in [-0.2, -0.15) is 0 Å². The zero-order chi connectivity index (χ0) is 16.4. The summed E-state index contributed by atoms with van der Waals surface area (Å²) in [4.78, 5) is 11.8. The number of ketones is 1. The molecule has 0 aromatic rings. The molecule has 1 N–H and O–H groups in total. The van der Waals surface area contributed by atoms with Crippen LogP contribution in [0.1, 0.15) is 61.8 Å². The number of ether oxygens (including phenoxy) is 1. The van der Waals surface area contributed by atoms with Gasteiger partial charge >= 0.3 is 0 Å². The van der Waals surface area contributed by atoms with E-state index in [9.17, 15) is 4.79 Å². The van der Waals surface area contributed by atoms with Crippen LogP contribution in [0.4, 0.5) is 0 Å². The zero-order valence-corrected chi connectivity index (χ0v) is 15.2. The SMILES string of the molecule is CC.CNCC(C)(C)COCC(C)(C)CC(=O)C(C)C. The first-order valence-electron chi connectivity index (χ1n) is 7.85. The van der Waals surface area contributed by atoms with Crippen molar-refractivity contribution in [2.24, 2.45) is 16.7 Å². The van der Waals surface area contributed by atoms with Gasteiger partial charge in [0.2, 0.25) is 0 Å². The highest BCUT2D eigenvalue weighted by Gasteiger charge is 2.25. The molecule has 0 saturated heterocycles. The highest BCUT2D eigenvalue weighted by molar-refractivity contribution is 5.80. The molecule has 0 amide bonds. The third kappa shape index (κ3) is 11.4. The van der Waals surface area contributed by atoms with Crippen molar-refractivity contribution in [1.82, 2.24) is 5.32 Å². The summed E-state index contributed by atoms with van der Waals surface area (Å²) < 4.78 is 5.80. The van der Waals surface area contributed by atoms with Gasteiger partial charge in [0.15, 0.2) is 0 Å². The Labute approximate surface area is 126 Å². The number of nitrogens with one attached hydrogen (secondary N) is 1. The van der Waals surface area contributed by atoms with E-state index in [4.69, 9.17) is 4.74 Å². The molecule has 0 aliphatic carbocycles. The first-order valence-corrected chi connectivity index (χ1v) is 7.85. The van der Waals surface area contributed by atoms with Crippen LogP contribution in [0.3, 0.4) is 0 Å². The van der Waals surface area contributed by atoms with E-state index >= 15 is 0 Å². The van der Waals surface area contributed by atoms with E-state index in [0.29, 0.717) is 25.4 Å². The Morgan fingerprint density at radius 3 is 1.90 bits per heavy atom. The summed E-state index contributed by atoms with van der Waals surface area (Å²) in [6.07, 6.45) is 0.594. The molecule has 0 atom stereocenters. The Morgan fingerprint density at radius 1 is 1.05 bits per heavy atom. The van der Waals surface area contributed by atoms with Gasteiger partial charge in [0.05, 0.1) is 13.2 Å². The van der Waals surface area contributed by atoms with Gasteiger partial charge in [0, 0.05) is 24.3 Å². The topological polar surface area (TPSA) is 38.3 Å². The number of hydrogen-bond acceptors (Lipinski definition) is 3. The van der Waals surface area contributed by atoms with Crippen LogP contribution >= 0.6 is 0 Å². The highest BCUT2D eigenvalue weighted by atomic mass is 16.5. The minimum atomic E-state index is -0.0723. The minimum Gasteiger partial charge on any atom is -0.380 e. The van der Waals surface area contributed by atoms with Crippen molar-refractivity contribution in [3.05, 3.63) is 0 Å². The van der Waals surface area contributed by atoms with E-state index in [0.717, 1.165) is 6.54 Å². The maximum absolute atomic E-state index is 11.8. The van der Waals surface area contributed by atoms with Crippen LogP contribution in [-0.2, 0) is 9.53 Å². The Hall–Kier alpha value is -0.410. The monoisotopic (exact) mass is 287 g/mol. The molecule has 0 aromatic heterocycles. The summed E-state index contributed by atoms with van der Waals surface area (Å²) in [5, 5.41) is 3.17. The third-order valence-corrected chi connectivity index (χ3v) is 2.94. The van der Waals surface area contributed by atoms with Crippen molar-refractivity contribution in [3.8, 4) is 0 Å². The van der Waals surface area contributed by atoms with Gasteiger partial charge in [0.1, 0.15) is 5.78 Å². The fourth-order valence-corrected chi connectivity index (χ4v) is 1.86. The number of carbonyl (C=O) groups excluding carboxylic acids is 1. The number of Topliss-reactive ketones (excluding diaryl/α,β-unsaturated/α-hetero) is 1. The Kier molecular flexibility index (Phi) is 11.3. The molecule has 3 nitrogen and oxygen atoms in total. The molecule has 0 rings (SSSR count). The van der Waals surface area contributed by atoms with Crippen LogP contribution in [0, 0.1) is 16.7 Å². The molecule has 0 bridgehead atoms. The van der Waals surface area contributed by atoms with Crippen LogP contribution in [0.2, 0.25) is 0 Å². The molecule has 0 saturated carbocycles. The molecular weight excluding hydrogens is 250 g/mol. The third-order valence-electron chi connectivity index (χ3n) is 2.94. The van der Waals surface area contributed by atoms with Gasteiger partial charge in [-0.25, -0.2) is 0 Å². The molecule has 0 fully saturated rings. The lowest BCUT2D eigenvalue weighted by atomic mass is 9.85. The van der Waals surface area contributed by atoms with Gasteiger partial charge in [0.25, 0.3) is 0 Å². The van der Waals surface area contributed by atoms with Gasteiger partial charge in [-0.3, -0.25) is 4.79 Å². The summed E-state index contributed by atoms with van der Waals surface area (Å²) >= 11 is 0. The Bertz CT molecular complexity index is 258. The zero-order valence-electron chi connectivity index (χ0n) is 15.2. The quantitative estimate of drug-likeness (QED) is 0.698. The molecule has 0 aliphatic rings. The fourth-order valence-electron chi connectivity index (χ4n) is 1.86. The van der Waals surface area contributed by atoms with Crippen LogP contribution in [-0.4, -0.2) is 32.6 Å². The molecule has 0 spiro atoms. The molecule has 20 heavy (non-hydrogen) atoms. The second-order valence-electron chi connectivity index (χ2n) is 7.15. The molecule has 0 unspecified atom stereocenters. The largest absolute Gasteiger partial charge is 0.380 e. The summed E-state index contributed by atoms with van der Waals surface area (Å²) in [7, 11) is 1.95. The first-order chi connectivity index (χ1) is 9.09. The van der Waals surface area contributed by atoms with Crippen LogP contribution in [0.5, 0.6) is 0 Å². The number of hydrogen-bond donors (Lipinski definition) is 1. The lowest BCUT2D eigenvalue weighted by Crippen LogP contribution is -2.33. The maximum Gasteiger partial charge on any atom is 0.136 e. The van der Waals surface area contributed by atoms with Crippen LogP contribution < -0.4 is 5.32 Å². The smallest absolute Gasteiger partial charge is 0.136 e. The standard InChI is InChI=1S/C15H31NO2.C2H6/c1-12(2)13(17)8-14(3,4)10-18-11-15(5,6)9-16-7;1-2/h12,16H,8-11H2,1-7H3;1-2H3. The van der Waals surface area contributed by atoms with E-state index in [1.54, 1.807) is 0 Å². The second-order valence-corrected chi connectivity index (χ2v) is 7.15. The second kappa shape index (κ2) is 10.3. The average molecular weight is 287 g/mol.